The SMILES string of the molecule is Cc1[nH]c2ccccc2c1C1(c2ccc(N(C)C)cc2)OC(=O)c2ccc(N(C)C)cc21. The largest absolute Gasteiger partial charge is 0.440 e. The predicted octanol–water partition coefficient (Wildman–Crippen LogP) is 5.07. The first-order valence-corrected chi connectivity index (χ1v) is 10.7. The molecule has 0 spiro atoms. The van der Waals surface area contributed by atoms with Crippen molar-refractivity contribution in [2.75, 3.05) is 38.0 Å². The van der Waals surface area contributed by atoms with E-state index in [1.807, 2.05) is 64.3 Å². The summed E-state index contributed by atoms with van der Waals surface area (Å²) >= 11 is 0. The monoisotopic (exact) mass is 425 g/mol. The van der Waals surface area contributed by atoms with Gasteiger partial charge < -0.3 is 19.5 Å². The molecule has 162 valence electrons. The Labute approximate surface area is 188 Å². The van der Waals surface area contributed by atoms with Crippen molar-refractivity contribution in [3.8, 4) is 0 Å². The summed E-state index contributed by atoms with van der Waals surface area (Å²) in [5.41, 5.74) is 6.48. The van der Waals surface area contributed by atoms with Gasteiger partial charge in [0.15, 0.2) is 5.60 Å². The predicted molar refractivity (Wildman–Crippen MR) is 130 cm³/mol. The van der Waals surface area contributed by atoms with Crippen molar-refractivity contribution < 1.29 is 9.53 Å². The Morgan fingerprint density at radius 2 is 1.50 bits per heavy atom. The second-order valence-corrected chi connectivity index (χ2v) is 8.81. The topological polar surface area (TPSA) is 48.6 Å². The molecule has 5 nitrogen and oxygen atoms in total. The Morgan fingerprint density at radius 3 is 2.19 bits per heavy atom. The highest BCUT2D eigenvalue weighted by atomic mass is 16.6. The average Bonchev–Trinajstić information content (AvgIpc) is 3.27. The molecule has 5 rings (SSSR count). The summed E-state index contributed by atoms with van der Waals surface area (Å²) in [6.45, 7) is 2.05. The molecule has 0 saturated heterocycles. The van der Waals surface area contributed by atoms with Gasteiger partial charge in [0.25, 0.3) is 0 Å². The van der Waals surface area contributed by atoms with E-state index in [1.54, 1.807) is 0 Å². The minimum Gasteiger partial charge on any atom is -0.440 e. The van der Waals surface area contributed by atoms with Crippen LogP contribution >= 0.6 is 0 Å². The highest BCUT2D eigenvalue weighted by Gasteiger charge is 2.50. The lowest BCUT2D eigenvalue weighted by Gasteiger charge is -2.31. The summed E-state index contributed by atoms with van der Waals surface area (Å²) in [5.74, 6) is -0.299. The van der Waals surface area contributed by atoms with Gasteiger partial charge in [0.05, 0.1) is 5.56 Å². The number of aromatic nitrogens is 1. The summed E-state index contributed by atoms with van der Waals surface area (Å²) in [7, 11) is 8.04. The molecular formula is C27H27N3O2. The third-order valence-corrected chi connectivity index (χ3v) is 6.40. The highest BCUT2D eigenvalue weighted by Crippen LogP contribution is 2.51. The number of carbonyl (C=O) groups is 1. The molecule has 3 aromatic carbocycles. The maximum atomic E-state index is 13.2. The fourth-order valence-corrected chi connectivity index (χ4v) is 4.80. The van der Waals surface area contributed by atoms with Crippen LogP contribution in [0.4, 0.5) is 11.4 Å². The Bertz CT molecular complexity index is 1340. The minimum absolute atomic E-state index is 0.299. The van der Waals surface area contributed by atoms with Gasteiger partial charge in [-0.1, -0.05) is 30.3 Å². The number of para-hydroxylation sites is 1. The van der Waals surface area contributed by atoms with Crippen molar-refractivity contribution in [3.63, 3.8) is 0 Å². The van der Waals surface area contributed by atoms with Crippen molar-refractivity contribution >= 4 is 28.2 Å². The fourth-order valence-electron chi connectivity index (χ4n) is 4.80. The molecule has 0 saturated carbocycles. The lowest BCUT2D eigenvalue weighted by molar-refractivity contribution is 0.0254. The van der Waals surface area contributed by atoms with E-state index in [0.29, 0.717) is 5.56 Å². The van der Waals surface area contributed by atoms with Gasteiger partial charge in [-0.05, 0) is 43.3 Å². The zero-order valence-electron chi connectivity index (χ0n) is 19.1. The molecule has 1 atom stereocenters. The molecule has 5 heteroatoms. The molecular weight excluding hydrogens is 398 g/mol. The number of benzene rings is 3. The van der Waals surface area contributed by atoms with E-state index in [-0.39, 0.29) is 5.97 Å². The molecule has 4 aromatic rings. The van der Waals surface area contributed by atoms with Gasteiger partial charge in [0, 0.05) is 72.9 Å². The van der Waals surface area contributed by atoms with Gasteiger partial charge >= 0.3 is 5.97 Å². The molecule has 0 amide bonds. The Balaban J connectivity index is 1.88. The molecule has 1 aliphatic rings. The number of anilines is 2. The minimum atomic E-state index is -1.03. The van der Waals surface area contributed by atoms with Gasteiger partial charge in [-0.25, -0.2) is 4.79 Å². The van der Waals surface area contributed by atoms with Crippen LogP contribution in [-0.2, 0) is 10.3 Å². The lowest BCUT2D eigenvalue weighted by Crippen LogP contribution is -2.30. The molecule has 1 unspecified atom stereocenters. The average molecular weight is 426 g/mol. The second-order valence-electron chi connectivity index (χ2n) is 8.81. The van der Waals surface area contributed by atoms with Gasteiger partial charge in [-0.3, -0.25) is 0 Å². The summed E-state index contributed by atoms with van der Waals surface area (Å²) in [5, 5.41) is 1.05. The van der Waals surface area contributed by atoms with Gasteiger partial charge in [0.2, 0.25) is 0 Å². The number of aryl methyl sites for hydroxylation is 1. The molecule has 0 fully saturated rings. The molecule has 1 aliphatic heterocycles. The maximum Gasteiger partial charge on any atom is 0.340 e. The zero-order chi connectivity index (χ0) is 22.6. The maximum absolute atomic E-state index is 13.2. The summed E-state index contributed by atoms with van der Waals surface area (Å²) in [4.78, 5) is 20.8. The number of rotatable bonds is 4. The van der Waals surface area contributed by atoms with Crippen LogP contribution < -0.4 is 9.80 Å². The van der Waals surface area contributed by atoms with Crippen LogP contribution in [0.1, 0.15) is 32.7 Å². The van der Waals surface area contributed by atoms with Crippen molar-refractivity contribution in [2.24, 2.45) is 0 Å². The number of cyclic esters (lactones) is 1. The van der Waals surface area contributed by atoms with Gasteiger partial charge in [0.1, 0.15) is 0 Å². The van der Waals surface area contributed by atoms with Crippen molar-refractivity contribution in [3.05, 3.63) is 94.7 Å². The quantitative estimate of drug-likeness (QED) is 0.464. The van der Waals surface area contributed by atoms with Gasteiger partial charge in [-0.2, -0.15) is 0 Å². The van der Waals surface area contributed by atoms with Crippen LogP contribution in [-0.4, -0.2) is 39.1 Å². The van der Waals surface area contributed by atoms with Crippen LogP contribution in [0.25, 0.3) is 10.9 Å². The summed E-state index contributed by atoms with van der Waals surface area (Å²) < 4.78 is 6.38. The molecule has 1 aromatic heterocycles. The first-order chi connectivity index (χ1) is 15.3. The number of nitrogens with one attached hydrogen (secondary N) is 1. The van der Waals surface area contributed by atoms with Crippen molar-refractivity contribution in [1.29, 1.82) is 0 Å². The van der Waals surface area contributed by atoms with Crippen LogP contribution in [0.2, 0.25) is 0 Å². The standard InChI is InChI=1S/C27H27N3O2/c1-17-25(22-8-6-7-9-24(22)28-17)27(18-10-12-19(13-11-18)29(2)3)23-16-20(30(4)5)14-15-21(23)26(31)32-27/h6-16,28H,1-5H3. The number of ether oxygens (including phenoxy) is 1. The number of hydrogen-bond donors (Lipinski definition) is 1. The number of fused-ring (bicyclic) bond motifs is 2. The number of hydrogen-bond acceptors (Lipinski definition) is 4. The smallest absolute Gasteiger partial charge is 0.340 e. The van der Waals surface area contributed by atoms with Crippen molar-refractivity contribution in [1.82, 2.24) is 4.98 Å². The Kier molecular flexibility index (Phi) is 4.52. The second kappa shape index (κ2) is 7.16. The fraction of sp³-hybridized carbons (Fsp3) is 0.222. The van der Waals surface area contributed by atoms with Crippen LogP contribution in [0.5, 0.6) is 0 Å². The zero-order valence-corrected chi connectivity index (χ0v) is 19.1. The van der Waals surface area contributed by atoms with Crippen LogP contribution in [0.15, 0.2) is 66.7 Å². The lowest BCUT2D eigenvalue weighted by atomic mass is 9.78. The number of nitrogens with zero attached hydrogens (tertiary/aromatic N) is 2. The highest BCUT2D eigenvalue weighted by molar-refractivity contribution is 5.99. The normalized spacial score (nSPS) is 17.3. The number of esters is 1. The molecule has 0 radical (unpaired) electrons. The summed E-state index contributed by atoms with van der Waals surface area (Å²) in [6, 6.07) is 22.4. The van der Waals surface area contributed by atoms with E-state index in [0.717, 1.165) is 44.7 Å². The number of carbonyl (C=O) groups excluding carboxylic acids is 1. The van der Waals surface area contributed by atoms with Crippen LogP contribution in [0, 0.1) is 6.92 Å². The summed E-state index contributed by atoms with van der Waals surface area (Å²) in [6.07, 6.45) is 0. The molecule has 2 heterocycles. The number of aromatic amines is 1. The van der Waals surface area contributed by atoms with E-state index in [4.69, 9.17) is 4.74 Å². The number of H-pyrrole nitrogens is 1. The Morgan fingerprint density at radius 1 is 0.844 bits per heavy atom. The van der Waals surface area contributed by atoms with E-state index in [9.17, 15) is 4.79 Å². The molecule has 0 bridgehead atoms. The van der Waals surface area contributed by atoms with E-state index in [2.05, 4.69) is 52.3 Å². The third-order valence-electron chi connectivity index (χ3n) is 6.40. The first-order valence-electron chi connectivity index (χ1n) is 10.7. The van der Waals surface area contributed by atoms with E-state index < -0.39 is 5.60 Å². The molecule has 32 heavy (non-hydrogen) atoms. The van der Waals surface area contributed by atoms with Gasteiger partial charge in [-0.15, -0.1) is 0 Å². The third kappa shape index (κ3) is 2.81. The molecule has 0 aliphatic carbocycles. The van der Waals surface area contributed by atoms with Crippen LogP contribution in [0.3, 0.4) is 0 Å². The Hall–Kier alpha value is -3.73. The van der Waals surface area contributed by atoms with E-state index in [1.165, 1.54) is 0 Å². The van der Waals surface area contributed by atoms with Crippen molar-refractivity contribution in [2.45, 2.75) is 12.5 Å². The molecule has 1 N–H and O–H groups in total. The first kappa shape index (κ1) is 20.2. The van der Waals surface area contributed by atoms with E-state index >= 15 is 0 Å².